The summed E-state index contributed by atoms with van der Waals surface area (Å²) in [5.74, 6) is 1.45. The molecule has 136 valence electrons. The molecule has 3 nitrogen and oxygen atoms in total. The van der Waals surface area contributed by atoms with Crippen molar-refractivity contribution in [3.8, 4) is 11.8 Å². The molecule has 2 aromatic rings. The van der Waals surface area contributed by atoms with Gasteiger partial charge in [-0.15, -0.1) is 11.3 Å². The van der Waals surface area contributed by atoms with Crippen LogP contribution in [0.15, 0.2) is 27.7 Å². The predicted octanol–water partition coefficient (Wildman–Crippen LogP) is 6.29. The van der Waals surface area contributed by atoms with Crippen LogP contribution in [0.3, 0.4) is 0 Å². The molecule has 0 spiro atoms. The molecule has 1 heterocycles. The average Bonchev–Trinajstić information content (AvgIpc) is 2.96. The molecule has 0 unspecified atom stereocenters. The van der Waals surface area contributed by atoms with Gasteiger partial charge in [0.1, 0.15) is 16.8 Å². The number of hydrogen-bond acceptors (Lipinski definition) is 4. The monoisotopic (exact) mass is 430 g/mol. The number of aliphatic imine (C=N–C) groups is 1. The van der Waals surface area contributed by atoms with Gasteiger partial charge in [0.2, 0.25) is 0 Å². The van der Waals surface area contributed by atoms with E-state index in [1.54, 1.807) is 18.4 Å². The summed E-state index contributed by atoms with van der Waals surface area (Å²) in [5.41, 5.74) is 3.26. The van der Waals surface area contributed by atoms with Crippen molar-refractivity contribution >= 4 is 38.5 Å². The summed E-state index contributed by atoms with van der Waals surface area (Å²) in [6.07, 6.45) is 5.02. The van der Waals surface area contributed by atoms with Crippen LogP contribution >= 0.6 is 27.3 Å². The molecule has 0 radical (unpaired) electrons. The van der Waals surface area contributed by atoms with Gasteiger partial charge in [0, 0.05) is 11.1 Å². The van der Waals surface area contributed by atoms with E-state index < -0.39 is 0 Å². The van der Waals surface area contributed by atoms with E-state index >= 15 is 0 Å². The Morgan fingerprint density at radius 1 is 1.38 bits per heavy atom. The lowest BCUT2D eigenvalue weighted by Crippen LogP contribution is -2.26. The molecule has 1 atom stereocenters. The van der Waals surface area contributed by atoms with Crippen LogP contribution in [0.5, 0.6) is 5.75 Å². The van der Waals surface area contributed by atoms with E-state index in [1.165, 1.54) is 10.4 Å². The Kier molecular flexibility index (Phi) is 5.55. The zero-order valence-electron chi connectivity index (χ0n) is 15.6. The summed E-state index contributed by atoms with van der Waals surface area (Å²) < 4.78 is 6.15. The lowest BCUT2D eigenvalue weighted by atomic mass is 9.72. The van der Waals surface area contributed by atoms with Gasteiger partial charge in [0.15, 0.2) is 0 Å². The first kappa shape index (κ1) is 19.1. The number of benzene rings is 1. The van der Waals surface area contributed by atoms with E-state index in [2.05, 4.69) is 47.8 Å². The predicted molar refractivity (Wildman–Crippen MR) is 112 cm³/mol. The number of nitriles is 1. The Balaban J connectivity index is 1.89. The fraction of sp³-hybridized carbons (Fsp3) is 0.429. The highest BCUT2D eigenvalue weighted by Crippen LogP contribution is 2.44. The van der Waals surface area contributed by atoms with Crippen molar-refractivity contribution in [1.29, 1.82) is 5.26 Å². The Morgan fingerprint density at radius 2 is 2.15 bits per heavy atom. The standard InChI is InChI=1S/C21H23BrN2OS/c1-21(2,3)14-6-7-15-16(11-23)20(26-19(15)10-14)24-12-13-5-8-18(25-4)17(22)9-13/h5,8-9,12,14H,6-7,10H2,1-4H3/t14-/m1/s1. The van der Waals surface area contributed by atoms with Crippen LogP contribution in [0, 0.1) is 22.7 Å². The van der Waals surface area contributed by atoms with Crippen molar-refractivity contribution in [2.24, 2.45) is 16.3 Å². The van der Waals surface area contributed by atoms with Crippen molar-refractivity contribution in [3.05, 3.63) is 44.2 Å². The normalized spacial score (nSPS) is 17.2. The highest BCUT2D eigenvalue weighted by atomic mass is 79.9. The molecule has 1 aliphatic carbocycles. The van der Waals surface area contributed by atoms with Crippen molar-refractivity contribution < 1.29 is 4.74 Å². The van der Waals surface area contributed by atoms with E-state index in [4.69, 9.17) is 4.74 Å². The van der Waals surface area contributed by atoms with Crippen LogP contribution in [-0.2, 0) is 12.8 Å². The molecule has 0 bridgehead atoms. The summed E-state index contributed by atoms with van der Waals surface area (Å²) >= 11 is 5.18. The Morgan fingerprint density at radius 3 is 2.77 bits per heavy atom. The fourth-order valence-electron chi connectivity index (χ4n) is 3.41. The molecule has 1 aliphatic rings. The lowest BCUT2D eigenvalue weighted by molar-refractivity contribution is 0.218. The fourth-order valence-corrected chi connectivity index (χ4v) is 5.19. The van der Waals surface area contributed by atoms with Crippen LogP contribution in [0.1, 0.15) is 48.8 Å². The van der Waals surface area contributed by atoms with Gasteiger partial charge in [-0.2, -0.15) is 5.26 Å². The maximum absolute atomic E-state index is 9.66. The van der Waals surface area contributed by atoms with Crippen molar-refractivity contribution in [3.63, 3.8) is 0 Å². The average molecular weight is 431 g/mol. The lowest BCUT2D eigenvalue weighted by Gasteiger charge is -2.33. The smallest absolute Gasteiger partial charge is 0.134 e. The summed E-state index contributed by atoms with van der Waals surface area (Å²) in [6.45, 7) is 6.92. The van der Waals surface area contributed by atoms with E-state index in [0.29, 0.717) is 11.3 Å². The maximum atomic E-state index is 9.66. The van der Waals surface area contributed by atoms with Crippen LogP contribution in [0.25, 0.3) is 0 Å². The van der Waals surface area contributed by atoms with Crippen LogP contribution in [0.4, 0.5) is 5.00 Å². The third-order valence-corrected chi connectivity index (χ3v) is 6.87. The molecule has 1 aromatic carbocycles. The van der Waals surface area contributed by atoms with E-state index in [0.717, 1.165) is 45.6 Å². The molecule has 0 saturated carbocycles. The molecule has 0 amide bonds. The molecule has 3 rings (SSSR count). The number of rotatable bonds is 3. The Labute approximate surface area is 167 Å². The van der Waals surface area contributed by atoms with Gasteiger partial charge in [-0.1, -0.05) is 20.8 Å². The number of methoxy groups -OCH3 is 1. The van der Waals surface area contributed by atoms with E-state index in [1.807, 2.05) is 24.4 Å². The quantitative estimate of drug-likeness (QED) is 0.536. The minimum atomic E-state index is 0.299. The maximum Gasteiger partial charge on any atom is 0.134 e. The molecule has 26 heavy (non-hydrogen) atoms. The van der Waals surface area contributed by atoms with Crippen LogP contribution < -0.4 is 4.74 Å². The third kappa shape index (κ3) is 3.87. The summed E-state index contributed by atoms with van der Waals surface area (Å²) in [4.78, 5) is 5.99. The molecule has 0 aliphatic heterocycles. The SMILES string of the molecule is COc1ccc(C=Nc2sc3c(c2C#N)CC[C@@H](C(C)(C)C)C3)cc1Br. The van der Waals surface area contributed by atoms with Crippen molar-refractivity contribution in [1.82, 2.24) is 0 Å². The van der Waals surface area contributed by atoms with Crippen LogP contribution in [-0.4, -0.2) is 13.3 Å². The highest BCUT2D eigenvalue weighted by molar-refractivity contribution is 9.10. The minimum absolute atomic E-state index is 0.299. The number of hydrogen-bond donors (Lipinski definition) is 0. The van der Waals surface area contributed by atoms with Gasteiger partial charge in [-0.25, -0.2) is 4.99 Å². The van der Waals surface area contributed by atoms with Gasteiger partial charge in [-0.05, 0) is 75.9 Å². The second-order valence-corrected chi connectivity index (χ2v) is 9.69. The number of thiophene rings is 1. The van der Waals surface area contributed by atoms with Gasteiger partial charge in [0.25, 0.3) is 0 Å². The third-order valence-electron chi connectivity index (χ3n) is 5.09. The zero-order chi connectivity index (χ0) is 18.9. The number of fused-ring (bicyclic) bond motifs is 1. The van der Waals surface area contributed by atoms with Crippen LogP contribution in [0.2, 0.25) is 0 Å². The van der Waals surface area contributed by atoms with Gasteiger partial charge >= 0.3 is 0 Å². The van der Waals surface area contributed by atoms with Crippen molar-refractivity contribution in [2.75, 3.05) is 7.11 Å². The summed E-state index contributed by atoms with van der Waals surface area (Å²) in [6, 6.07) is 8.23. The second kappa shape index (κ2) is 7.54. The minimum Gasteiger partial charge on any atom is -0.496 e. The number of ether oxygens (including phenoxy) is 1. The summed E-state index contributed by atoms with van der Waals surface area (Å²) in [7, 11) is 1.65. The zero-order valence-corrected chi connectivity index (χ0v) is 18.0. The molecular formula is C21H23BrN2OS. The highest BCUT2D eigenvalue weighted by Gasteiger charge is 2.32. The van der Waals surface area contributed by atoms with E-state index in [-0.39, 0.29) is 0 Å². The van der Waals surface area contributed by atoms with Gasteiger partial charge < -0.3 is 4.74 Å². The first-order valence-electron chi connectivity index (χ1n) is 8.75. The van der Waals surface area contributed by atoms with E-state index in [9.17, 15) is 5.26 Å². The first-order valence-corrected chi connectivity index (χ1v) is 10.4. The first-order chi connectivity index (χ1) is 12.3. The van der Waals surface area contributed by atoms with Crippen molar-refractivity contribution in [2.45, 2.75) is 40.0 Å². The number of nitrogens with zero attached hydrogens (tertiary/aromatic N) is 2. The topological polar surface area (TPSA) is 45.4 Å². The summed E-state index contributed by atoms with van der Waals surface area (Å²) in [5, 5.41) is 10.5. The Hall–Kier alpha value is -1.64. The molecule has 0 fully saturated rings. The largest absolute Gasteiger partial charge is 0.496 e. The molecule has 1 aromatic heterocycles. The van der Waals surface area contributed by atoms with Gasteiger partial charge in [-0.3, -0.25) is 0 Å². The molecule has 0 saturated heterocycles. The molecule has 0 N–H and O–H groups in total. The Bertz CT molecular complexity index is 887. The molecular weight excluding hydrogens is 408 g/mol. The molecule has 5 heteroatoms. The van der Waals surface area contributed by atoms with Gasteiger partial charge in [0.05, 0.1) is 17.1 Å². The second-order valence-electron chi connectivity index (χ2n) is 7.75. The number of halogens is 1.